The van der Waals surface area contributed by atoms with E-state index < -0.39 is 18.3 Å². The second kappa shape index (κ2) is 8.11. The summed E-state index contributed by atoms with van der Waals surface area (Å²) in [6.45, 7) is 0.182. The van der Waals surface area contributed by atoms with Gasteiger partial charge >= 0.3 is 12.3 Å². The fourth-order valence-corrected chi connectivity index (χ4v) is 3.44. The Morgan fingerprint density at radius 3 is 2.07 bits per heavy atom. The number of hydrogen-bond acceptors (Lipinski definition) is 1. The zero-order valence-electron chi connectivity index (χ0n) is 14.8. The van der Waals surface area contributed by atoms with E-state index in [1.165, 1.54) is 0 Å². The maximum absolute atomic E-state index is 13.2. The van der Waals surface area contributed by atoms with Crippen LogP contribution in [0.1, 0.15) is 18.4 Å². The molecule has 1 heterocycles. The first kappa shape index (κ1) is 19.4. The maximum atomic E-state index is 13.2. The minimum absolute atomic E-state index is 0.0912. The molecule has 1 saturated heterocycles. The number of hydrogen-bond donors (Lipinski definition) is 0. The van der Waals surface area contributed by atoms with Crippen molar-refractivity contribution in [2.24, 2.45) is 5.92 Å². The predicted molar refractivity (Wildman–Crippen MR) is 95.8 cm³/mol. The monoisotopic (exact) mass is 379 g/mol. The van der Waals surface area contributed by atoms with Crippen molar-refractivity contribution < 1.29 is 22.4 Å². The van der Waals surface area contributed by atoms with Crippen LogP contribution < -0.4 is 0 Å². The molecule has 27 heavy (non-hydrogen) atoms. The van der Waals surface area contributed by atoms with Gasteiger partial charge in [0.25, 0.3) is 5.91 Å². The zero-order chi connectivity index (χ0) is 19.4. The van der Waals surface area contributed by atoms with Gasteiger partial charge in [0.1, 0.15) is 0 Å². The zero-order valence-corrected chi connectivity index (χ0v) is 14.8. The van der Waals surface area contributed by atoms with Crippen molar-refractivity contribution in [1.29, 1.82) is 0 Å². The van der Waals surface area contributed by atoms with Crippen molar-refractivity contribution in [3.8, 4) is 11.1 Å². The Morgan fingerprint density at radius 2 is 1.52 bits per heavy atom. The van der Waals surface area contributed by atoms with Gasteiger partial charge in [-0.05, 0) is 41.9 Å². The number of piperidine rings is 1. The molecule has 3 rings (SSSR count). The summed E-state index contributed by atoms with van der Waals surface area (Å²) in [5.74, 6) is -6.11. The molecule has 6 heteroatoms. The number of alkyl halides is 4. The van der Waals surface area contributed by atoms with Gasteiger partial charge in [-0.25, -0.2) is 8.78 Å². The molecular weight excluding hydrogens is 358 g/mol. The summed E-state index contributed by atoms with van der Waals surface area (Å²) < 4.78 is 51.1. The Balaban J connectivity index is 1.54. The molecule has 0 spiro atoms. The number of carbonyl (C=O) groups excluding carboxylic acids is 1. The molecular formula is C21H21F4NO. The quantitative estimate of drug-likeness (QED) is 0.667. The van der Waals surface area contributed by atoms with Crippen LogP contribution in [0, 0.1) is 5.92 Å². The van der Waals surface area contributed by atoms with Crippen LogP contribution in [-0.2, 0) is 11.2 Å². The molecule has 0 N–H and O–H groups in total. The third-order valence-electron chi connectivity index (χ3n) is 5.05. The molecule has 1 aliphatic rings. The van der Waals surface area contributed by atoms with Gasteiger partial charge < -0.3 is 4.90 Å². The fraction of sp³-hybridized carbons (Fsp3) is 0.381. The average molecular weight is 379 g/mol. The molecule has 2 nitrogen and oxygen atoms in total. The Morgan fingerprint density at radius 1 is 0.963 bits per heavy atom. The van der Waals surface area contributed by atoms with E-state index in [1.807, 2.05) is 54.6 Å². The lowest BCUT2D eigenvalue weighted by molar-refractivity contribution is -0.181. The highest BCUT2D eigenvalue weighted by molar-refractivity contribution is 5.84. The first-order valence-corrected chi connectivity index (χ1v) is 8.97. The molecule has 1 amide bonds. The van der Waals surface area contributed by atoms with Crippen molar-refractivity contribution >= 4 is 5.91 Å². The first-order chi connectivity index (χ1) is 12.9. The molecule has 0 aliphatic carbocycles. The maximum Gasteiger partial charge on any atom is 0.383 e. The van der Waals surface area contributed by atoms with E-state index in [-0.39, 0.29) is 19.0 Å². The average Bonchev–Trinajstić information content (AvgIpc) is 2.69. The highest BCUT2D eigenvalue weighted by Crippen LogP contribution is 2.29. The summed E-state index contributed by atoms with van der Waals surface area (Å²) in [5, 5.41) is 0. The summed E-state index contributed by atoms with van der Waals surface area (Å²) >= 11 is 0. The Bertz CT molecular complexity index is 754. The number of rotatable bonds is 5. The van der Waals surface area contributed by atoms with Gasteiger partial charge in [0.15, 0.2) is 0 Å². The lowest BCUT2D eigenvalue weighted by Gasteiger charge is -2.33. The molecule has 0 atom stereocenters. The van der Waals surface area contributed by atoms with Gasteiger partial charge in [-0.15, -0.1) is 0 Å². The summed E-state index contributed by atoms with van der Waals surface area (Å²) in [6.07, 6.45) is -2.12. The largest absolute Gasteiger partial charge is 0.383 e. The molecule has 0 aromatic heterocycles. The number of nitrogens with zero attached hydrogens (tertiary/aromatic N) is 1. The lowest BCUT2D eigenvalue weighted by Crippen LogP contribution is -2.50. The minimum atomic E-state index is -4.60. The normalized spacial score (nSPS) is 16.0. The van der Waals surface area contributed by atoms with Crippen LogP contribution >= 0.6 is 0 Å². The number of halogens is 4. The van der Waals surface area contributed by atoms with Gasteiger partial charge in [0, 0.05) is 13.1 Å². The smallest absolute Gasteiger partial charge is 0.337 e. The Hall–Kier alpha value is -2.37. The molecule has 2 aromatic carbocycles. The predicted octanol–water partition coefficient (Wildman–Crippen LogP) is 5.04. The van der Waals surface area contributed by atoms with Crippen LogP contribution in [0.25, 0.3) is 11.1 Å². The number of benzene rings is 2. The molecule has 0 radical (unpaired) electrons. The van der Waals surface area contributed by atoms with Gasteiger partial charge in [-0.2, -0.15) is 8.78 Å². The fourth-order valence-electron chi connectivity index (χ4n) is 3.44. The van der Waals surface area contributed by atoms with Crippen LogP contribution in [0.4, 0.5) is 17.6 Å². The van der Waals surface area contributed by atoms with E-state index in [2.05, 4.69) is 0 Å². The number of likely N-dealkylation sites (tertiary alicyclic amines) is 1. The minimum Gasteiger partial charge on any atom is -0.337 e. The van der Waals surface area contributed by atoms with Gasteiger partial charge in [-0.1, -0.05) is 54.6 Å². The SMILES string of the molecule is O=C(N1CCC(Cc2ccc(-c3ccccc3)cc2)CC1)C(F)(F)C(F)F. The van der Waals surface area contributed by atoms with Gasteiger partial charge in [0.05, 0.1) is 0 Å². The topological polar surface area (TPSA) is 20.3 Å². The van der Waals surface area contributed by atoms with Crippen molar-refractivity contribution in [1.82, 2.24) is 4.90 Å². The van der Waals surface area contributed by atoms with Crippen molar-refractivity contribution in [3.63, 3.8) is 0 Å². The van der Waals surface area contributed by atoms with Crippen LogP contribution in [0.3, 0.4) is 0 Å². The molecule has 0 bridgehead atoms. The van der Waals surface area contributed by atoms with Gasteiger partial charge in [0.2, 0.25) is 0 Å². The summed E-state index contributed by atoms with van der Waals surface area (Å²) in [6, 6.07) is 18.2. The van der Waals surface area contributed by atoms with E-state index >= 15 is 0 Å². The molecule has 144 valence electrons. The van der Waals surface area contributed by atoms with Crippen molar-refractivity contribution in [2.75, 3.05) is 13.1 Å². The van der Waals surface area contributed by atoms with Crippen LogP contribution in [0.2, 0.25) is 0 Å². The highest BCUT2D eigenvalue weighted by Gasteiger charge is 2.51. The third kappa shape index (κ3) is 4.49. The second-order valence-electron chi connectivity index (χ2n) is 6.93. The van der Waals surface area contributed by atoms with E-state index in [4.69, 9.17) is 0 Å². The molecule has 2 aromatic rings. The van der Waals surface area contributed by atoms with Crippen LogP contribution in [-0.4, -0.2) is 36.2 Å². The second-order valence-corrected chi connectivity index (χ2v) is 6.93. The summed E-state index contributed by atoms with van der Waals surface area (Å²) in [5.41, 5.74) is 3.39. The summed E-state index contributed by atoms with van der Waals surface area (Å²) in [7, 11) is 0. The Labute approximate surface area is 155 Å². The highest BCUT2D eigenvalue weighted by atomic mass is 19.3. The first-order valence-electron chi connectivity index (χ1n) is 8.97. The summed E-state index contributed by atoms with van der Waals surface area (Å²) in [4.78, 5) is 12.5. The van der Waals surface area contributed by atoms with Crippen molar-refractivity contribution in [2.45, 2.75) is 31.6 Å². The number of carbonyl (C=O) groups is 1. The van der Waals surface area contributed by atoms with Crippen molar-refractivity contribution in [3.05, 3.63) is 60.2 Å². The van der Waals surface area contributed by atoms with Crippen LogP contribution in [0.15, 0.2) is 54.6 Å². The van der Waals surface area contributed by atoms with Gasteiger partial charge in [-0.3, -0.25) is 4.79 Å². The number of amides is 1. The molecule has 0 unspecified atom stereocenters. The molecule has 1 aliphatic heterocycles. The van der Waals surface area contributed by atoms with E-state index in [0.717, 1.165) is 28.0 Å². The van der Waals surface area contributed by atoms with E-state index in [1.54, 1.807) is 0 Å². The van der Waals surface area contributed by atoms with E-state index in [9.17, 15) is 22.4 Å². The standard InChI is InChI=1S/C21H21F4NO/c22-19(23)21(24,25)20(27)26-12-10-16(11-13-26)14-15-6-8-18(9-7-15)17-4-2-1-3-5-17/h1-9,16,19H,10-14H2. The molecule has 1 fully saturated rings. The van der Waals surface area contributed by atoms with E-state index in [0.29, 0.717) is 12.8 Å². The Kier molecular flexibility index (Phi) is 5.82. The lowest BCUT2D eigenvalue weighted by atomic mass is 9.89. The third-order valence-corrected chi connectivity index (χ3v) is 5.05. The molecule has 0 saturated carbocycles. The van der Waals surface area contributed by atoms with Crippen LogP contribution in [0.5, 0.6) is 0 Å².